The van der Waals surface area contributed by atoms with E-state index in [0.29, 0.717) is 11.8 Å². The van der Waals surface area contributed by atoms with Crippen LogP contribution in [0.3, 0.4) is 0 Å². The Kier molecular flexibility index (Phi) is 6.44. The molecule has 24 heavy (non-hydrogen) atoms. The fraction of sp³-hybridized carbons (Fsp3) is 0.450. The van der Waals surface area contributed by atoms with Gasteiger partial charge in [0.05, 0.1) is 0 Å². The van der Waals surface area contributed by atoms with Crippen LogP contribution in [0.2, 0.25) is 0 Å². The molecule has 3 atom stereocenters. The van der Waals surface area contributed by atoms with Crippen LogP contribution in [0.15, 0.2) is 35.7 Å². The summed E-state index contributed by atoms with van der Waals surface area (Å²) in [6, 6.07) is 10.3. The molecule has 0 bridgehead atoms. The average Bonchev–Trinajstić information content (AvgIpc) is 2.92. The van der Waals surface area contributed by atoms with E-state index in [2.05, 4.69) is 50.5 Å². The number of hydrogen-bond donors (Lipinski definition) is 1. The molecule has 1 heterocycles. The van der Waals surface area contributed by atoms with E-state index in [0.717, 1.165) is 23.6 Å². The van der Waals surface area contributed by atoms with Crippen LogP contribution in [-0.2, 0) is 5.75 Å². The highest BCUT2D eigenvalue weighted by Crippen LogP contribution is 2.47. The summed E-state index contributed by atoms with van der Waals surface area (Å²) in [4.78, 5) is 11.3. The molecule has 0 aliphatic rings. The van der Waals surface area contributed by atoms with Crippen LogP contribution in [0.5, 0.6) is 0 Å². The lowest BCUT2D eigenvalue weighted by Gasteiger charge is -2.15. The molecule has 0 spiro atoms. The third kappa shape index (κ3) is 4.18. The Balaban J connectivity index is 2.55. The van der Waals surface area contributed by atoms with Gasteiger partial charge in [-0.2, -0.15) is 0 Å². The first kappa shape index (κ1) is 18.5. The third-order valence-corrected chi connectivity index (χ3v) is 6.75. The van der Waals surface area contributed by atoms with E-state index in [-0.39, 0.29) is 10.5 Å². The SMILES string of the molecule is CCC(C)c1c[s+](Cc2ccccc2)c(NC(=O)[O-])c1C(C)CC. The topological polar surface area (TPSA) is 52.2 Å². The molecule has 3 unspecified atom stereocenters. The van der Waals surface area contributed by atoms with Gasteiger partial charge >= 0.3 is 0 Å². The van der Waals surface area contributed by atoms with Crippen LogP contribution >= 0.6 is 10.5 Å². The van der Waals surface area contributed by atoms with Crippen molar-refractivity contribution in [2.75, 3.05) is 5.32 Å². The Labute approximate surface area is 147 Å². The first-order chi connectivity index (χ1) is 11.5. The van der Waals surface area contributed by atoms with Crippen molar-refractivity contribution < 1.29 is 9.90 Å². The quantitative estimate of drug-likeness (QED) is 0.695. The second-order valence-electron chi connectivity index (χ2n) is 6.41. The number of hydrogen-bond acceptors (Lipinski definition) is 2. The van der Waals surface area contributed by atoms with Crippen molar-refractivity contribution >= 4 is 21.6 Å². The van der Waals surface area contributed by atoms with Gasteiger partial charge in [-0.05, 0) is 24.7 Å². The zero-order valence-corrected chi connectivity index (χ0v) is 15.8. The summed E-state index contributed by atoms with van der Waals surface area (Å²) in [5.74, 6) is 1.59. The van der Waals surface area contributed by atoms with Gasteiger partial charge in [0.25, 0.3) is 0 Å². The standard InChI is InChI=1S/C20H27NO2S/c1-5-14(3)17-13-24(12-16-10-8-7-9-11-16)19(21-20(22)23)18(17)15(4)6-2/h7-11,13-15,21H,5-6,12H2,1-4H3. The van der Waals surface area contributed by atoms with Crippen LogP contribution in [-0.4, -0.2) is 6.09 Å². The summed E-state index contributed by atoms with van der Waals surface area (Å²) in [6.45, 7) is 8.73. The van der Waals surface area contributed by atoms with Gasteiger partial charge in [0.15, 0.2) is 5.75 Å². The number of amides is 1. The number of thiophene rings is 1. The molecular weight excluding hydrogens is 318 g/mol. The summed E-state index contributed by atoms with van der Waals surface area (Å²) in [5.41, 5.74) is 3.73. The van der Waals surface area contributed by atoms with Crippen LogP contribution in [0.4, 0.5) is 9.80 Å². The molecule has 0 fully saturated rings. The third-order valence-electron chi connectivity index (χ3n) is 4.72. The van der Waals surface area contributed by atoms with Gasteiger partial charge in [0.2, 0.25) is 5.00 Å². The summed E-state index contributed by atoms with van der Waals surface area (Å²) in [7, 11) is -0.255. The van der Waals surface area contributed by atoms with Gasteiger partial charge < -0.3 is 9.90 Å². The normalized spacial score (nSPS) is 14.2. The van der Waals surface area contributed by atoms with Gasteiger partial charge in [-0.3, -0.25) is 5.32 Å². The molecule has 2 rings (SSSR count). The molecule has 1 aromatic heterocycles. The Hall–Kier alpha value is -1.81. The zero-order valence-electron chi connectivity index (χ0n) is 15.0. The molecule has 0 saturated heterocycles. The molecule has 130 valence electrons. The van der Waals surface area contributed by atoms with Gasteiger partial charge in [0.1, 0.15) is 11.5 Å². The molecule has 3 nitrogen and oxygen atoms in total. The second-order valence-corrected chi connectivity index (χ2v) is 8.20. The summed E-state index contributed by atoms with van der Waals surface area (Å²) < 4.78 is 0. The number of rotatable bonds is 7. The largest absolute Gasteiger partial charge is 0.530 e. The molecule has 0 radical (unpaired) electrons. The minimum absolute atomic E-state index is 0.255. The minimum atomic E-state index is -1.21. The predicted octanol–water partition coefficient (Wildman–Crippen LogP) is 5.27. The first-order valence-corrected chi connectivity index (χ1v) is 10.1. The van der Waals surface area contributed by atoms with Crippen LogP contribution in [0, 0.1) is 0 Å². The Morgan fingerprint density at radius 1 is 1.12 bits per heavy atom. The molecule has 1 N–H and O–H groups in total. The van der Waals surface area contributed by atoms with Crippen molar-refractivity contribution in [1.82, 2.24) is 0 Å². The average molecular weight is 346 g/mol. The zero-order chi connectivity index (χ0) is 17.7. The summed E-state index contributed by atoms with van der Waals surface area (Å²) in [6.07, 6.45) is 0.826. The first-order valence-electron chi connectivity index (χ1n) is 8.65. The number of anilines is 1. The lowest BCUT2D eigenvalue weighted by atomic mass is 9.89. The van der Waals surface area contributed by atoms with Crippen molar-refractivity contribution in [2.24, 2.45) is 0 Å². The Morgan fingerprint density at radius 3 is 2.29 bits per heavy atom. The highest BCUT2D eigenvalue weighted by atomic mass is 32.2. The van der Waals surface area contributed by atoms with Crippen molar-refractivity contribution in [3.05, 3.63) is 52.4 Å². The lowest BCUT2D eigenvalue weighted by molar-refractivity contribution is -0.242. The molecule has 0 aliphatic carbocycles. The fourth-order valence-corrected chi connectivity index (χ4v) is 5.33. The minimum Gasteiger partial charge on any atom is -0.530 e. The highest BCUT2D eigenvalue weighted by Gasteiger charge is 2.30. The van der Waals surface area contributed by atoms with E-state index in [1.165, 1.54) is 16.7 Å². The van der Waals surface area contributed by atoms with Crippen molar-refractivity contribution in [1.29, 1.82) is 0 Å². The summed E-state index contributed by atoms with van der Waals surface area (Å²) in [5, 5.41) is 17.1. The van der Waals surface area contributed by atoms with E-state index in [4.69, 9.17) is 0 Å². The maximum absolute atomic E-state index is 11.3. The summed E-state index contributed by atoms with van der Waals surface area (Å²) >= 11 is 0. The van der Waals surface area contributed by atoms with Gasteiger partial charge in [-0.25, -0.2) is 0 Å². The number of benzene rings is 1. The highest BCUT2D eigenvalue weighted by molar-refractivity contribution is 7.33. The molecule has 1 aromatic carbocycles. The predicted molar refractivity (Wildman–Crippen MR) is 101 cm³/mol. The molecule has 2 aromatic rings. The Morgan fingerprint density at radius 2 is 1.75 bits per heavy atom. The Bertz CT molecular complexity index is 678. The smallest absolute Gasteiger partial charge is 0.249 e. The van der Waals surface area contributed by atoms with E-state index in [9.17, 15) is 9.90 Å². The van der Waals surface area contributed by atoms with Crippen LogP contribution in [0.1, 0.15) is 69.1 Å². The fourth-order valence-electron chi connectivity index (χ4n) is 2.96. The molecule has 4 heteroatoms. The number of carbonyl (C=O) groups excluding carboxylic acids is 1. The molecule has 1 amide bonds. The van der Waals surface area contributed by atoms with E-state index < -0.39 is 6.09 Å². The van der Waals surface area contributed by atoms with Crippen molar-refractivity contribution in [2.45, 2.75) is 58.1 Å². The van der Waals surface area contributed by atoms with E-state index in [1.807, 2.05) is 18.2 Å². The number of carboxylic acid groups (broad SMARTS) is 1. The monoisotopic (exact) mass is 345 g/mol. The molecular formula is C20H27NO2S. The maximum atomic E-state index is 11.3. The van der Waals surface area contributed by atoms with Crippen molar-refractivity contribution in [3.63, 3.8) is 0 Å². The lowest BCUT2D eigenvalue weighted by Crippen LogP contribution is -2.29. The molecule has 0 saturated carbocycles. The van der Waals surface area contributed by atoms with E-state index >= 15 is 0 Å². The van der Waals surface area contributed by atoms with Gasteiger partial charge in [-0.15, -0.1) is 0 Å². The van der Waals surface area contributed by atoms with Crippen molar-refractivity contribution in [3.8, 4) is 0 Å². The second kappa shape index (κ2) is 8.34. The van der Waals surface area contributed by atoms with Gasteiger partial charge in [-0.1, -0.05) is 58.0 Å². The van der Waals surface area contributed by atoms with Crippen LogP contribution in [0.25, 0.3) is 0 Å². The van der Waals surface area contributed by atoms with Gasteiger partial charge in [0, 0.05) is 27.2 Å². The van der Waals surface area contributed by atoms with E-state index in [1.54, 1.807) is 0 Å². The number of nitrogens with one attached hydrogen (secondary N) is 1. The number of carbonyl (C=O) groups is 1. The van der Waals surface area contributed by atoms with Crippen LogP contribution < -0.4 is 10.4 Å². The molecule has 0 aliphatic heterocycles. The maximum Gasteiger partial charge on any atom is 0.249 e.